The Hall–Kier alpha value is -2.54. The molecular formula is C20H25F2N5. The molecule has 27 heavy (non-hydrogen) atoms. The van der Waals surface area contributed by atoms with Crippen molar-refractivity contribution in [2.75, 3.05) is 6.54 Å². The number of benzene rings is 1. The van der Waals surface area contributed by atoms with Gasteiger partial charge in [0.15, 0.2) is 5.82 Å². The van der Waals surface area contributed by atoms with E-state index in [0.717, 1.165) is 41.9 Å². The first-order valence-electron chi connectivity index (χ1n) is 9.05. The fourth-order valence-corrected chi connectivity index (χ4v) is 3.26. The Morgan fingerprint density at radius 3 is 2.63 bits per heavy atom. The van der Waals surface area contributed by atoms with Crippen LogP contribution >= 0.6 is 0 Å². The molecule has 1 aromatic carbocycles. The summed E-state index contributed by atoms with van der Waals surface area (Å²) >= 11 is 0. The molecule has 1 atom stereocenters. The molecule has 144 valence electrons. The second-order valence-corrected chi connectivity index (χ2v) is 7.02. The van der Waals surface area contributed by atoms with E-state index >= 15 is 0 Å². The topological polar surface area (TPSA) is 47.7 Å². The van der Waals surface area contributed by atoms with Gasteiger partial charge in [0.2, 0.25) is 0 Å². The molecule has 0 radical (unpaired) electrons. The Bertz CT molecular complexity index is 929. The Labute approximate surface area is 158 Å². The third-order valence-electron chi connectivity index (χ3n) is 4.81. The van der Waals surface area contributed by atoms with Crippen molar-refractivity contribution in [3.63, 3.8) is 0 Å². The van der Waals surface area contributed by atoms with E-state index in [1.54, 1.807) is 4.68 Å². The lowest BCUT2D eigenvalue weighted by atomic mass is 10.1. The van der Waals surface area contributed by atoms with Crippen LogP contribution in [0.5, 0.6) is 0 Å². The molecule has 0 aliphatic heterocycles. The van der Waals surface area contributed by atoms with Gasteiger partial charge in [0.05, 0.1) is 5.69 Å². The number of nitrogens with zero attached hydrogens (tertiary/aromatic N) is 4. The van der Waals surface area contributed by atoms with Gasteiger partial charge in [-0.3, -0.25) is 0 Å². The molecule has 0 bridgehead atoms. The van der Waals surface area contributed by atoms with Crippen molar-refractivity contribution in [3.8, 4) is 5.69 Å². The number of hydrogen-bond acceptors (Lipinski definition) is 3. The van der Waals surface area contributed by atoms with Crippen LogP contribution in [0, 0.1) is 38.3 Å². The number of rotatable bonds is 7. The van der Waals surface area contributed by atoms with E-state index < -0.39 is 11.6 Å². The Morgan fingerprint density at radius 2 is 1.96 bits per heavy atom. The lowest BCUT2D eigenvalue weighted by Gasteiger charge is -2.14. The fraction of sp³-hybridized carbons (Fsp3) is 0.400. The number of aryl methyl sites for hydroxylation is 2. The maximum atomic E-state index is 14.1. The number of halogens is 2. The average Bonchev–Trinajstić information content (AvgIpc) is 3.12. The molecule has 0 aliphatic rings. The molecule has 1 N–H and O–H groups in total. The van der Waals surface area contributed by atoms with Crippen molar-refractivity contribution in [3.05, 3.63) is 65.0 Å². The van der Waals surface area contributed by atoms with E-state index in [2.05, 4.69) is 26.9 Å². The van der Waals surface area contributed by atoms with Crippen LogP contribution in [0.4, 0.5) is 8.78 Å². The molecule has 2 heterocycles. The highest BCUT2D eigenvalue weighted by molar-refractivity contribution is 5.38. The van der Waals surface area contributed by atoms with Crippen LogP contribution in [0.2, 0.25) is 0 Å². The first kappa shape index (κ1) is 19.2. The second kappa shape index (κ2) is 8.00. The van der Waals surface area contributed by atoms with Crippen LogP contribution in [0.25, 0.3) is 5.69 Å². The minimum atomic E-state index is -0.621. The molecule has 0 spiro atoms. The second-order valence-electron chi connectivity index (χ2n) is 7.02. The van der Waals surface area contributed by atoms with Gasteiger partial charge < -0.3 is 9.88 Å². The van der Waals surface area contributed by atoms with Gasteiger partial charge in [0.1, 0.15) is 17.3 Å². The predicted molar refractivity (Wildman–Crippen MR) is 101 cm³/mol. The van der Waals surface area contributed by atoms with Crippen LogP contribution in [0.3, 0.4) is 0 Å². The molecule has 1 unspecified atom stereocenters. The van der Waals surface area contributed by atoms with Gasteiger partial charge in [-0.25, -0.2) is 18.4 Å². The van der Waals surface area contributed by atoms with E-state index in [4.69, 9.17) is 0 Å². The van der Waals surface area contributed by atoms with Gasteiger partial charge in [-0.1, -0.05) is 6.92 Å². The van der Waals surface area contributed by atoms with Crippen molar-refractivity contribution in [1.82, 2.24) is 24.6 Å². The zero-order valence-electron chi connectivity index (χ0n) is 16.1. The van der Waals surface area contributed by atoms with Crippen LogP contribution in [-0.4, -0.2) is 25.9 Å². The summed E-state index contributed by atoms with van der Waals surface area (Å²) in [5.74, 6) is 0.227. The highest BCUT2D eigenvalue weighted by Crippen LogP contribution is 2.20. The monoisotopic (exact) mass is 373 g/mol. The van der Waals surface area contributed by atoms with Gasteiger partial charge in [-0.05, 0) is 45.4 Å². The minimum Gasteiger partial charge on any atom is -0.335 e. The summed E-state index contributed by atoms with van der Waals surface area (Å²) in [5, 5.41) is 7.91. The van der Waals surface area contributed by atoms with E-state index in [1.165, 1.54) is 12.1 Å². The number of nitrogens with one attached hydrogen (secondary N) is 1. The molecule has 2 aromatic heterocycles. The standard InChI is InChI=1S/C20H25F2N5/c1-13(12-26-8-7-24-16(26)4)10-23-11-18-14(2)25-27(15(18)3)20-6-5-17(21)9-19(20)22/h5-9,13,23H,10-12H2,1-4H3. The van der Waals surface area contributed by atoms with E-state index in [9.17, 15) is 8.78 Å². The number of imidazole rings is 1. The molecule has 0 saturated heterocycles. The summed E-state index contributed by atoms with van der Waals surface area (Å²) in [6.45, 7) is 10.4. The largest absolute Gasteiger partial charge is 0.335 e. The molecular weight excluding hydrogens is 348 g/mol. The molecule has 0 fully saturated rings. The molecule has 0 amide bonds. The minimum absolute atomic E-state index is 0.257. The summed E-state index contributed by atoms with van der Waals surface area (Å²) in [6, 6.07) is 3.53. The van der Waals surface area contributed by atoms with Crippen LogP contribution in [-0.2, 0) is 13.1 Å². The van der Waals surface area contributed by atoms with Gasteiger partial charge >= 0.3 is 0 Å². The Balaban J connectivity index is 1.66. The zero-order valence-corrected chi connectivity index (χ0v) is 16.1. The highest BCUT2D eigenvalue weighted by Gasteiger charge is 2.16. The Morgan fingerprint density at radius 1 is 1.19 bits per heavy atom. The normalized spacial score (nSPS) is 12.5. The van der Waals surface area contributed by atoms with Gasteiger partial charge in [0, 0.05) is 42.8 Å². The lowest BCUT2D eigenvalue weighted by Crippen LogP contribution is -2.24. The van der Waals surface area contributed by atoms with E-state index in [1.807, 2.05) is 33.2 Å². The zero-order chi connectivity index (χ0) is 19.6. The number of aromatic nitrogens is 4. The predicted octanol–water partition coefficient (Wildman–Crippen LogP) is 3.70. The SMILES string of the molecule is Cc1nn(-c2ccc(F)cc2F)c(C)c1CNCC(C)Cn1ccnc1C. The average molecular weight is 373 g/mol. The Kier molecular flexibility index (Phi) is 5.70. The van der Waals surface area contributed by atoms with Gasteiger partial charge in [0.25, 0.3) is 0 Å². The first-order valence-corrected chi connectivity index (χ1v) is 9.05. The van der Waals surface area contributed by atoms with Gasteiger partial charge in [-0.15, -0.1) is 0 Å². The molecule has 5 nitrogen and oxygen atoms in total. The first-order chi connectivity index (χ1) is 12.9. The van der Waals surface area contributed by atoms with Crippen molar-refractivity contribution in [2.24, 2.45) is 5.92 Å². The van der Waals surface area contributed by atoms with Gasteiger partial charge in [-0.2, -0.15) is 5.10 Å². The van der Waals surface area contributed by atoms with Crippen molar-refractivity contribution >= 4 is 0 Å². The summed E-state index contributed by atoms with van der Waals surface area (Å²) in [5.41, 5.74) is 2.97. The highest BCUT2D eigenvalue weighted by atomic mass is 19.1. The summed E-state index contributed by atoms with van der Waals surface area (Å²) in [6.07, 6.45) is 3.80. The molecule has 3 aromatic rings. The maximum Gasteiger partial charge on any atom is 0.151 e. The third kappa shape index (κ3) is 4.24. The molecule has 0 saturated carbocycles. The number of hydrogen-bond donors (Lipinski definition) is 1. The van der Waals surface area contributed by atoms with Crippen LogP contribution in [0.15, 0.2) is 30.6 Å². The quantitative estimate of drug-likeness (QED) is 0.687. The van der Waals surface area contributed by atoms with E-state index in [0.29, 0.717) is 12.5 Å². The summed E-state index contributed by atoms with van der Waals surface area (Å²) in [4.78, 5) is 4.24. The van der Waals surface area contributed by atoms with Crippen molar-refractivity contribution in [1.29, 1.82) is 0 Å². The van der Waals surface area contributed by atoms with Crippen molar-refractivity contribution < 1.29 is 8.78 Å². The molecule has 3 rings (SSSR count). The van der Waals surface area contributed by atoms with Crippen LogP contribution in [0.1, 0.15) is 29.7 Å². The lowest BCUT2D eigenvalue weighted by molar-refractivity contribution is 0.440. The summed E-state index contributed by atoms with van der Waals surface area (Å²) in [7, 11) is 0. The maximum absolute atomic E-state index is 14.1. The van der Waals surface area contributed by atoms with E-state index in [-0.39, 0.29) is 5.69 Å². The smallest absolute Gasteiger partial charge is 0.151 e. The molecule has 7 heteroatoms. The summed E-state index contributed by atoms with van der Waals surface area (Å²) < 4.78 is 30.9. The molecule has 0 aliphatic carbocycles. The fourth-order valence-electron chi connectivity index (χ4n) is 3.26. The van der Waals surface area contributed by atoms with Crippen molar-refractivity contribution in [2.45, 2.75) is 40.8 Å². The van der Waals surface area contributed by atoms with Crippen LogP contribution < -0.4 is 5.32 Å². The third-order valence-corrected chi connectivity index (χ3v) is 4.81.